The molecule has 1 aromatic heterocycles. The van der Waals surface area contributed by atoms with E-state index in [2.05, 4.69) is 6.07 Å². The van der Waals surface area contributed by atoms with Gasteiger partial charge in [-0.05, 0) is 41.5 Å². The number of ketones is 1. The van der Waals surface area contributed by atoms with Crippen LogP contribution in [0.25, 0.3) is 12.2 Å². The van der Waals surface area contributed by atoms with Gasteiger partial charge < -0.3 is 4.74 Å². The van der Waals surface area contributed by atoms with Crippen molar-refractivity contribution in [2.75, 3.05) is 7.11 Å². The highest BCUT2D eigenvalue weighted by molar-refractivity contribution is 7.07. The van der Waals surface area contributed by atoms with E-state index < -0.39 is 5.41 Å². The third kappa shape index (κ3) is 5.39. The first-order chi connectivity index (χ1) is 14.7. The molecule has 2 aromatic carbocycles. The van der Waals surface area contributed by atoms with Gasteiger partial charge in [-0.25, -0.2) is 0 Å². The summed E-state index contributed by atoms with van der Waals surface area (Å²) < 4.78 is 7.95. The molecule has 0 bridgehead atoms. The molecular weight excluding hydrogens is 408 g/mol. The molecule has 0 fully saturated rings. The number of benzene rings is 2. The number of rotatable bonds is 5. The molecule has 0 amide bonds. The molecule has 6 heteroatoms. The molecule has 0 aliphatic carbocycles. The van der Waals surface area contributed by atoms with Crippen molar-refractivity contribution in [1.82, 2.24) is 4.57 Å². The maximum absolute atomic E-state index is 13.2. The van der Waals surface area contributed by atoms with Crippen LogP contribution in [0, 0.1) is 16.7 Å². The molecule has 0 N–H and O–H groups in total. The smallest absolute Gasteiger partial charge is 0.269 e. The molecular formula is C25H24N2O3S. The fraction of sp³-hybridized carbons (Fsp3) is 0.240. The number of carbonyl (C=O) groups excluding carboxylic acids is 1. The van der Waals surface area contributed by atoms with Gasteiger partial charge in [0.05, 0.1) is 29.8 Å². The van der Waals surface area contributed by atoms with Crippen LogP contribution in [-0.2, 0) is 11.3 Å². The quantitative estimate of drug-likeness (QED) is 0.621. The molecule has 1 heterocycles. The van der Waals surface area contributed by atoms with Crippen LogP contribution in [0.15, 0.2) is 53.3 Å². The van der Waals surface area contributed by atoms with Crippen molar-refractivity contribution in [2.24, 2.45) is 5.41 Å². The zero-order chi connectivity index (χ0) is 22.6. The number of nitriles is 1. The molecule has 0 radical (unpaired) electrons. The minimum atomic E-state index is -0.542. The number of methoxy groups -OCH3 is 1. The fourth-order valence-corrected chi connectivity index (χ4v) is 3.88. The lowest BCUT2D eigenvalue weighted by Crippen LogP contribution is -2.32. The molecule has 0 saturated carbocycles. The van der Waals surface area contributed by atoms with Crippen LogP contribution < -0.4 is 19.5 Å². The Labute approximate surface area is 185 Å². The third-order valence-corrected chi connectivity index (χ3v) is 5.83. The van der Waals surface area contributed by atoms with Crippen LogP contribution in [-0.4, -0.2) is 17.5 Å². The Morgan fingerprint density at radius 3 is 2.32 bits per heavy atom. The second kappa shape index (κ2) is 9.15. The summed E-state index contributed by atoms with van der Waals surface area (Å²) in [4.78, 5) is 25.9. The second-order valence-electron chi connectivity index (χ2n) is 8.18. The Morgan fingerprint density at radius 1 is 1.13 bits per heavy atom. The zero-order valence-electron chi connectivity index (χ0n) is 18.0. The normalized spacial score (nSPS) is 12.6. The van der Waals surface area contributed by atoms with E-state index in [9.17, 15) is 9.59 Å². The topological polar surface area (TPSA) is 72.1 Å². The molecule has 0 spiro atoms. The second-order valence-corrected chi connectivity index (χ2v) is 9.24. The van der Waals surface area contributed by atoms with Gasteiger partial charge in [0.1, 0.15) is 10.4 Å². The lowest BCUT2D eigenvalue weighted by atomic mass is 9.91. The number of thiazole rings is 1. The van der Waals surface area contributed by atoms with Crippen LogP contribution in [0.4, 0.5) is 0 Å². The molecule has 0 atom stereocenters. The number of hydrogen-bond donors (Lipinski definition) is 0. The van der Waals surface area contributed by atoms with Gasteiger partial charge in [-0.3, -0.25) is 14.2 Å². The zero-order valence-corrected chi connectivity index (χ0v) is 18.8. The Balaban J connectivity index is 2.13. The Morgan fingerprint density at radius 2 is 1.77 bits per heavy atom. The molecule has 5 nitrogen and oxygen atoms in total. The van der Waals surface area contributed by atoms with Crippen LogP contribution in [0.5, 0.6) is 5.75 Å². The van der Waals surface area contributed by atoms with Crippen LogP contribution in [0.2, 0.25) is 0 Å². The number of hydrogen-bond acceptors (Lipinski definition) is 5. The van der Waals surface area contributed by atoms with Crippen LogP contribution in [0.1, 0.15) is 37.5 Å². The molecule has 0 saturated heterocycles. The van der Waals surface area contributed by atoms with Crippen molar-refractivity contribution in [3.05, 3.63) is 84.8 Å². The summed E-state index contributed by atoms with van der Waals surface area (Å²) in [6, 6.07) is 16.6. The van der Waals surface area contributed by atoms with Gasteiger partial charge in [0, 0.05) is 11.5 Å². The van der Waals surface area contributed by atoms with Crippen LogP contribution >= 0.6 is 11.3 Å². The lowest BCUT2D eigenvalue weighted by molar-refractivity contribution is -0.120. The first kappa shape index (κ1) is 22.3. The third-order valence-electron chi connectivity index (χ3n) is 4.77. The Bertz CT molecular complexity index is 1300. The SMILES string of the molecule is COc1ccc(/C=c2/s/c(=C/C(=O)C(C)(C)C)n(Cc3ccc(C#N)cc3)c2=O)cc1. The van der Waals surface area contributed by atoms with E-state index in [1.807, 2.05) is 63.2 Å². The van der Waals surface area contributed by atoms with Crippen LogP contribution in [0.3, 0.4) is 0 Å². The molecule has 3 rings (SSSR count). The molecule has 0 aliphatic heterocycles. The first-order valence-corrected chi connectivity index (χ1v) is 10.6. The average Bonchev–Trinajstić information content (AvgIpc) is 3.03. The van der Waals surface area contributed by atoms with E-state index in [4.69, 9.17) is 10.00 Å². The number of ether oxygens (including phenoxy) is 1. The van der Waals surface area contributed by atoms with E-state index in [0.717, 1.165) is 16.9 Å². The van der Waals surface area contributed by atoms with Crippen molar-refractivity contribution in [3.63, 3.8) is 0 Å². The van der Waals surface area contributed by atoms with Gasteiger partial charge in [0.15, 0.2) is 5.78 Å². The summed E-state index contributed by atoms with van der Waals surface area (Å²) in [5.74, 6) is 0.699. The van der Waals surface area contributed by atoms with Crippen molar-refractivity contribution in [2.45, 2.75) is 27.3 Å². The summed E-state index contributed by atoms with van der Waals surface area (Å²) in [7, 11) is 1.61. The average molecular weight is 433 g/mol. The standard InChI is InChI=1S/C25H24N2O3S/c1-25(2,3)22(28)14-23-27(16-19-7-5-18(15-26)6-8-19)24(29)21(31-23)13-17-9-11-20(30-4)12-10-17/h5-14H,16H2,1-4H3/b21-13+,23-14+. The number of carbonyl (C=O) groups is 1. The highest BCUT2D eigenvalue weighted by atomic mass is 32.1. The largest absolute Gasteiger partial charge is 0.497 e. The van der Waals surface area contributed by atoms with Gasteiger partial charge >= 0.3 is 0 Å². The number of nitrogens with zero attached hydrogens (tertiary/aromatic N) is 2. The van der Waals surface area contributed by atoms with Crippen molar-refractivity contribution >= 4 is 29.3 Å². The van der Waals surface area contributed by atoms with Crippen molar-refractivity contribution in [3.8, 4) is 11.8 Å². The van der Waals surface area contributed by atoms with Crippen molar-refractivity contribution < 1.29 is 9.53 Å². The fourth-order valence-electron chi connectivity index (χ4n) is 2.84. The first-order valence-electron chi connectivity index (χ1n) is 9.82. The van der Waals surface area contributed by atoms with E-state index >= 15 is 0 Å². The lowest BCUT2D eigenvalue weighted by Gasteiger charge is -2.13. The Kier molecular flexibility index (Phi) is 6.57. The molecule has 31 heavy (non-hydrogen) atoms. The minimum absolute atomic E-state index is 0.0432. The van der Waals surface area contributed by atoms with Crippen molar-refractivity contribution in [1.29, 1.82) is 5.26 Å². The summed E-state index contributed by atoms with van der Waals surface area (Å²) in [6.07, 6.45) is 3.38. The van der Waals surface area contributed by atoms with Gasteiger partial charge in [0.25, 0.3) is 5.56 Å². The molecule has 0 aliphatic rings. The summed E-state index contributed by atoms with van der Waals surface area (Å²) in [5.41, 5.74) is 1.62. The molecule has 3 aromatic rings. The summed E-state index contributed by atoms with van der Waals surface area (Å²) in [6.45, 7) is 5.88. The number of Topliss-reactive ketones (excluding diaryl/α,β-unsaturated/α-hetero) is 1. The predicted octanol–water partition coefficient (Wildman–Crippen LogP) is 3.06. The maximum atomic E-state index is 13.2. The highest BCUT2D eigenvalue weighted by Gasteiger charge is 2.19. The summed E-state index contributed by atoms with van der Waals surface area (Å²) >= 11 is 1.30. The molecule has 0 unspecified atom stereocenters. The van der Waals surface area contributed by atoms with E-state index in [-0.39, 0.29) is 11.3 Å². The van der Waals surface area contributed by atoms with Gasteiger partial charge in [0.2, 0.25) is 0 Å². The maximum Gasteiger partial charge on any atom is 0.269 e. The minimum Gasteiger partial charge on any atom is -0.497 e. The number of aromatic nitrogens is 1. The van der Waals surface area contributed by atoms with Gasteiger partial charge in [-0.15, -0.1) is 11.3 Å². The van der Waals surface area contributed by atoms with Gasteiger partial charge in [-0.1, -0.05) is 45.0 Å². The van der Waals surface area contributed by atoms with E-state index in [1.165, 1.54) is 11.3 Å². The highest BCUT2D eigenvalue weighted by Crippen LogP contribution is 2.15. The Hall–Kier alpha value is -3.43. The predicted molar refractivity (Wildman–Crippen MR) is 124 cm³/mol. The summed E-state index contributed by atoms with van der Waals surface area (Å²) in [5, 5.41) is 9.00. The monoisotopic (exact) mass is 432 g/mol. The molecule has 158 valence electrons. The van der Waals surface area contributed by atoms with E-state index in [1.54, 1.807) is 29.9 Å². The van der Waals surface area contributed by atoms with E-state index in [0.29, 0.717) is 21.3 Å². The van der Waals surface area contributed by atoms with Gasteiger partial charge in [-0.2, -0.15) is 5.26 Å².